The number of nitrogens with zero attached hydrogens (tertiary/aromatic N) is 2. The number of amides is 2. The Morgan fingerprint density at radius 3 is 2.02 bits per heavy atom. The molecule has 0 aromatic heterocycles. The summed E-state index contributed by atoms with van der Waals surface area (Å²) in [5.41, 5.74) is 0.910. The summed E-state index contributed by atoms with van der Waals surface area (Å²) < 4.78 is 35.0. The van der Waals surface area contributed by atoms with E-state index in [0.717, 1.165) is 10.7 Å². The van der Waals surface area contributed by atoms with E-state index in [-0.39, 0.29) is 23.0 Å². The van der Waals surface area contributed by atoms with Crippen molar-refractivity contribution in [2.24, 2.45) is 0 Å². The van der Waals surface area contributed by atoms with Gasteiger partial charge in [0.2, 0.25) is 11.8 Å². The molecule has 0 radical (unpaired) electrons. The summed E-state index contributed by atoms with van der Waals surface area (Å²) in [5, 5.41) is 3.32. The number of halogens is 1. The van der Waals surface area contributed by atoms with E-state index in [9.17, 15) is 18.0 Å². The van der Waals surface area contributed by atoms with Crippen LogP contribution >= 0.6 is 11.6 Å². The number of hydrogen-bond acceptors (Lipinski definition) is 5. The number of para-hydroxylation sites is 1. The molecule has 4 rings (SSSR count). The predicted octanol–water partition coefficient (Wildman–Crippen LogP) is 6.66. The lowest BCUT2D eigenvalue weighted by Crippen LogP contribution is -2.52. The Morgan fingerprint density at radius 2 is 1.41 bits per heavy atom. The Morgan fingerprint density at radius 1 is 0.818 bits per heavy atom. The van der Waals surface area contributed by atoms with Crippen LogP contribution in [0.15, 0.2) is 114 Å². The van der Waals surface area contributed by atoms with E-state index in [1.165, 1.54) is 17.0 Å². The third-order valence-electron chi connectivity index (χ3n) is 6.95. The van der Waals surface area contributed by atoms with Gasteiger partial charge in [-0.2, -0.15) is 0 Å². The van der Waals surface area contributed by atoms with Crippen molar-refractivity contribution >= 4 is 39.1 Å². The van der Waals surface area contributed by atoms with E-state index >= 15 is 0 Å². The molecule has 4 aromatic rings. The van der Waals surface area contributed by atoms with Crippen LogP contribution in [0.3, 0.4) is 0 Å². The number of carbonyl (C=O) groups is 2. The second kappa shape index (κ2) is 15.4. The number of hydrogen-bond donors (Lipinski definition) is 1. The lowest BCUT2D eigenvalue weighted by Gasteiger charge is -2.33. The molecule has 1 N–H and O–H groups in total. The topological polar surface area (TPSA) is 96.0 Å². The number of rotatable bonds is 14. The Bertz CT molecular complexity index is 1630. The molecule has 10 heteroatoms. The summed E-state index contributed by atoms with van der Waals surface area (Å²) >= 11 is 6.45. The van der Waals surface area contributed by atoms with Gasteiger partial charge in [0.1, 0.15) is 24.1 Å². The smallest absolute Gasteiger partial charge is 0.264 e. The number of ether oxygens (including phenoxy) is 1. The van der Waals surface area contributed by atoms with Crippen LogP contribution in [-0.4, -0.2) is 44.3 Å². The first-order valence-corrected chi connectivity index (χ1v) is 16.3. The van der Waals surface area contributed by atoms with E-state index in [2.05, 4.69) is 5.32 Å². The van der Waals surface area contributed by atoms with E-state index in [1.807, 2.05) is 44.2 Å². The van der Waals surface area contributed by atoms with Crippen LogP contribution in [-0.2, 0) is 26.2 Å². The summed E-state index contributed by atoms with van der Waals surface area (Å²) in [5.74, 6) is 0.274. The fourth-order valence-corrected chi connectivity index (χ4v) is 6.28. The van der Waals surface area contributed by atoms with Crippen molar-refractivity contribution in [2.45, 2.75) is 44.2 Å². The molecule has 0 bridgehead atoms. The Balaban J connectivity index is 1.71. The van der Waals surface area contributed by atoms with Crippen molar-refractivity contribution in [1.82, 2.24) is 10.2 Å². The van der Waals surface area contributed by atoms with Crippen molar-refractivity contribution in [2.75, 3.05) is 17.4 Å². The van der Waals surface area contributed by atoms with Gasteiger partial charge in [-0.05, 0) is 73.0 Å². The Hall–Kier alpha value is -4.34. The first-order chi connectivity index (χ1) is 21.2. The molecular weight excluding hydrogens is 598 g/mol. The van der Waals surface area contributed by atoms with Gasteiger partial charge in [0, 0.05) is 18.1 Å². The molecule has 8 nitrogen and oxygen atoms in total. The van der Waals surface area contributed by atoms with Crippen LogP contribution in [0, 0.1) is 0 Å². The van der Waals surface area contributed by atoms with Crippen molar-refractivity contribution < 1.29 is 22.7 Å². The Kier molecular flexibility index (Phi) is 11.4. The van der Waals surface area contributed by atoms with Crippen molar-refractivity contribution in [3.05, 3.63) is 120 Å². The first kappa shape index (κ1) is 32.6. The SMILES string of the molecule is CCCNC(=O)[C@H](CC)N(Cc1ccccc1Cl)C(=O)CN(c1ccc(Oc2ccccc2)cc1)S(=O)(=O)c1ccccc1. The third kappa shape index (κ3) is 8.18. The van der Waals surface area contributed by atoms with Crippen LogP contribution in [0.1, 0.15) is 32.3 Å². The molecule has 0 fully saturated rings. The summed E-state index contributed by atoms with van der Waals surface area (Å²) in [6.07, 6.45) is 1.05. The van der Waals surface area contributed by atoms with Gasteiger partial charge in [-0.1, -0.05) is 80.0 Å². The normalized spacial score (nSPS) is 11.8. The van der Waals surface area contributed by atoms with Crippen LogP contribution in [0.2, 0.25) is 5.02 Å². The molecule has 0 aliphatic heterocycles. The highest BCUT2D eigenvalue weighted by Crippen LogP contribution is 2.29. The molecule has 0 aliphatic rings. The zero-order valence-electron chi connectivity index (χ0n) is 24.7. The number of sulfonamides is 1. The van der Waals surface area contributed by atoms with Crippen LogP contribution in [0.4, 0.5) is 5.69 Å². The minimum atomic E-state index is -4.18. The molecule has 0 heterocycles. The highest BCUT2D eigenvalue weighted by Gasteiger charge is 2.33. The monoisotopic (exact) mass is 633 g/mol. The van der Waals surface area contributed by atoms with Crippen LogP contribution in [0.25, 0.3) is 0 Å². The van der Waals surface area contributed by atoms with Gasteiger partial charge in [-0.15, -0.1) is 0 Å². The molecule has 4 aromatic carbocycles. The molecule has 0 saturated heterocycles. The highest BCUT2D eigenvalue weighted by atomic mass is 35.5. The highest BCUT2D eigenvalue weighted by molar-refractivity contribution is 7.92. The number of benzene rings is 4. The van der Waals surface area contributed by atoms with E-state index < -0.39 is 28.5 Å². The van der Waals surface area contributed by atoms with E-state index in [1.54, 1.807) is 66.7 Å². The average Bonchev–Trinajstić information content (AvgIpc) is 3.04. The minimum absolute atomic E-state index is 0.0274. The average molecular weight is 634 g/mol. The fraction of sp³-hybridized carbons (Fsp3) is 0.235. The lowest BCUT2D eigenvalue weighted by atomic mass is 10.1. The van der Waals surface area contributed by atoms with Crippen molar-refractivity contribution in [3.8, 4) is 11.5 Å². The number of nitrogens with one attached hydrogen (secondary N) is 1. The molecule has 1 atom stereocenters. The molecule has 44 heavy (non-hydrogen) atoms. The maximum absolute atomic E-state index is 14.2. The van der Waals surface area contributed by atoms with Gasteiger partial charge in [0.05, 0.1) is 10.6 Å². The maximum Gasteiger partial charge on any atom is 0.264 e. The molecule has 0 saturated carbocycles. The standard InChI is InChI=1S/C34H36ClN3O5S/c1-3-23-36-34(40)32(4-2)37(24-26-13-11-12-18-31(26)35)33(39)25-38(44(41,42)30-16-9-6-10-17-30)27-19-21-29(22-20-27)43-28-14-7-5-8-15-28/h5-22,32H,3-4,23-25H2,1-2H3,(H,36,40)/t32-/m0/s1. The van der Waals surface area contributed by atoms with Gasteiger partial charge in [-0.25, -0.2) is 8.42 Å². The zero-order chi connectivity index (χ0) is 31.5. The molecule has 0 spiro atoms. The minimum Gasteiger partial charge on any atom is -0.457 e. The van der Waals surface area contributed by atoms with Gasteiger partial charge < -0.3 is 15.0 Å². The molecular formula is C34H36ClN3O5S. The second-order valence-corrected chi connectivity index (χ2v) is 12.3. The summed E-state index contributed by atoms with van der Waals surface area (Å²) in [4.78, 5) is 28.9. The molecule has 230 valence electrons. The van der Waals surface area contributed by atoms with Crippen LogP contribution in [0.5, 0.6) is 11.5 Å². The van der Waals surface area contributed by atoms with Gasteiger partial charge in [-0.3, -0.25) is 13.9 Å². The van der Waals surface area contributed by atoms with Gasteiger partial charge in [0.25, 0.3) is 10.0 Å². The lowest BCUT2D eigenvalue weighted by molar-refractivity contribution is -0.140. The zero-order valence-corrected chi connectivity index (χ0v) is 26.3. The number of carbonyl (C=O) groups excluding carboxylic acids is 2. The predicted molar refractivity (Wildman–Crippen MR) is 173 cm³/mol. The van der Waals surface area contributed by atoms with Gasteiger partial charge >= 0.3 is 0 Å². The van der Waals surface area contributed by atoms with E-state index in [0.29, 0.717) is 35.1 Å². The third-order valence-corrected chi connectivity index (χ3v) is 9.10. The van der Waals surface area contributed by atoms with E-state index in [4.69, 9.17) is 16.3 Å². The summed E-state index contributed by atoms with van der Waals surface area (Å²) in [6, 6.07) is 29.8. The summed E-state index contributed by atoms with van der Waals surface area (Å²) in [7, 11) is -4.18. The van der Waals surface area contributed by atoms with Gasteiger partial charge in [0.15, 0.2) is 0 Å². The summed E-state index contributed by atoms with van der Waals surface area (Å²) in [6.45, 7) is 3.69. The van der Waals surface area contributed by atoms with Crippen molar-refractivity contribution in [1.29, 1.82) is 0 Å². The Labute approximate surface area is 264 Å². The first-order valence-electron chi connectivity index (χ1n) is 14.5. The second-order valence-electron chi connectivity index (χ2n) is 10.1. The van der Waals surface area contributed by atoms with Crippen LogP contribution < -0.4 is 14.4 Å². The largest absolute Gasteiger partial charge is 0.457 e. The molecule has 0 aliphatic carbocycles. The molecule has 0 unspecified atom stereocenters. The van der Waals surface area contributed by atoms with Crippen molar-refractivity contribution in [3.63, 3.8) is 0 Å². The number of anilines is 1. The quantitative estimate of drug-likeness (QED) is 0.168. The fourth-order valence-electron chi connectivity index (χ4n) is 4.65. The maximum atomic E-state index is 14.2. The molecule has 2 amide bonds.